The van der Waals surface area contributed by atoms with E-state index in [0.29, 0.717) is 11.4 Å². The van der Waals surface area contributed by atoms with Crippen LogP contribution in [0.3, 0.4) is 0 Å². The van der Waals surface area contributed by atoms with Gasteiger partial charge in [-0.15, -0.1) is 0 Å². The SMILES string of the molecule is Cc1nn(-c2cc(F)c(F)c(F)c2)c(C)c1O. The third-order valence-electron chi connectivity index (χ3n) is 2.47. The van der Waals surface area contributed by atoms with Crippen LogP contribution >= 0.6 is 0 Å². The van der Waals surface area contributed by atoms with E-state index < -0.39 is 17.5 Å². The number of aryl methyl sites for hydroxylation is 1. The Morgan fingerprint density at radius 1 is 1.12 bits per heavy atom. The smallest absolute Gasteiger partial charge is 0.194 e. The van der Waals surface area contributed by atoms with Crippen molar-refractivity contribution in [2.24, 2.45) is 0 Å². The molecule has 0 aliphatic carbocycles. The van der Waals surface area contributed by atoms with Crippen molar-refractivity contribution in [3.8, 4) is 11.4 Å². The summed E-state index contributed by atoms with van der Waals surface area (Å²) in [6.07, 6.45) is 0. The maximum absolute atomic E-state index is 13.0. The first-order valence-electron chi connectivity index (χ1n) is 4.82. The molecular weight excluding hydrogens is 233 g/mol. The van der Waals surface area contributed by atoms with Crippen LogP contribution in [-0.4, -0.2) is 14.9 Å². The monoisotopic (exact) mass is 242 g/mol. The molecule has 17 heavy (non-hydrogen) atoms. The molecule has 1 N–H and O–H groups in total. The van der Waals surface area contributed by atoms with E-state index in [-0.39, 0.29) is 11.4 Å². The Kier molecular flexibility index (Phi) is 2.57. The lowest BCUT2D eigenvalue weighted by Crippen LogP contribution is -2.02. The quantitative estimate of drug-likeness (QED) is 0.780. The van der Waals surface area contributed by atoms with Gasteiger partial charge in [0, 0.05) is 12.1 Å². The lowest BCUT2D eigenvalue weighted by molar-refractivity contribution is 0.445. The van der Waals surface area contributed by atoms with E-state index in [1.807, 2.05) is 0 Å². The molecule has 0 unspecified atom stereocenters. The van der Waals surface area contributed by atoms with Gasteiger partial charge >= 0.3 is 0 Å². The fraction of sp³-hybridized carbons (Fsp3) is 0.182. The Labute approximate surface area is 95.1 Å². The van der Waals surface area contributed by atoms with Gasteiger partial charge in [-0.1, -0.05) is 0 Å². The van der Waals surface area contributed by atoms with E-state index in [0.717, 1.165) is 16.8 Å². The highest BCUT2D eigenvalue weighted by molar-refractivity contribution is 5.40. The van der Waals surface area contributed by atoms with Crippen LogP contribution in [0.25, 0.3) is 5.69 Å². The molecule has 0 bridgehead atoms. The number of hydrogen-bond donors (Lipinski definition) is 1. The van der Waals surface area contributed by atoms with E-state index in [2.05, 4.69) is 5.10 Å². The molecule has 2 rings (SSSR count). The van der Waals surface area contributed by atoms with Gasteiger partial charge in [0.1, 0.15) is 5.69 Å². The zero-order valence-corrected chi connectivity index (χ0v) is 9.13. The Hall–Kier alpha value is -1.98. The minimum absolute atomic E-state index is 0.0160. The Balaban J connectivity index is 2.65. The van der Waals surface area contributed by atoms with E-state index in [1.54, 1.807) is 6.92 Å². The van der Waals surface area contributed by atoms with Gasteiger partial charge in [0.05, 0.1) is 11.4 Å². The molecule has 0 aliphatic heterocycles. The van der Waals surface area contributed by atoms with Gasteiger partial charge < -0.3 is 5.11 Å². The van der Waals surface area contributed by atoms with Gasteiger partial charge in [-0.25, -0.2) is 17.9 Å². The molecule has 0 fully saturated rings. The summed E-state index contributed by atoms with van der Waals surface area (Å²) < 4.78 is 40.0. The zero-order chi connectivity index (χ0) is 12.7. The molecule has 3 nitrogen and oxygen atoms in total. The van der Waals surface area contributed by atoms with Crippen LogP contribution < -0.4 is 0 Å². The van der Waals surface area contributed by atoms with Crippen LogP contribution in [0.4, 0.5) is 13.2 Å². The van der Waals surface area contributed by atoms with Crippen molar-refractivity contribution in [2.45, 2.75) is 13.8 Å². The number of nitrogens with zero attached hydrogens (tertiary/aromatic N) is 2. The van der Waals surface area contributed by atoms with E-state index in [4.69, 9.17) is 0 Å². The molecule has 90 valence electrons. The number of rotatable bonds is 1. The minimum atomic E-state index is -1.53. The highest BCUT2D eigenvalue weighted by Gasteiger charge is 2.16. The predicted octanol–water partition coefficient (Wildman–Crippen LogP) is 2.61. The average molecular weight is 242 g/mol. The molecule has 0 saturated carbocycles. The molecule has 2 aromatic rings. The maximum Gasteiger partial charge on any atom is 0.194 e. The van der Waals surface area contributed by atoms with Crippen molar-refractivity contribution in [2.75, 3.05) is 0 Å². The summed E-state index contributed by atoms with van der Waals surface area (Å²) in [6.45, 7) is 3.09. The third-order valence-corrected chi connectivity index (χ3v) is 2.47. The van der Waals surface area contributed by atoms with Gasteiger partial charge in [0.25, 0.3) is 0 Å². The van der Waals surface area contributed by atoms with Crippen molar-refractivity contribution in [1.29, 1.82) is 0 Å². The molecule has 0 spiro atoms. The Morgan fingerprint density at radius 3 is 2.06 bits per heavy atom. The lowest BCUT2D eigenvalue weighted by atomic mass is 10.2. The van der Waals surface area contributed by atoms with Crippen LogP contribution in [0.2, 0.25) is 0 Å². The topological polar surface area (TPSA) is 38.0 Å². The molecule has 1 aromatic heterocycles. The summed E-state index contributed by atoms with van der Waals surface area (Å²) in [7, 11) is 0. The minimum Gasteiger partial charge on any atom is -0.504 e. The van der Waals surface area contributed by atoms with Crippen molar-refractivity contribution in [3.05, 3.63) is 41.0 Å². The highest BCUT2D eigenvalue weighted by Crippen LogP contribution is 2.24. The molecule has 0 saturated heterocycles. The average Bonchev–Trinajstić information content (AvgIpc) is 2.53. The molecule has 1 aromatic carbocycles. The van der Waals surface area contributed by atoms with Crippen molar-refractivity contribution in [1.82, 2.24) is 9.78 Å². The fourth-order valence-corrected chi connectivity index (χ4v) is 1.55. The van der Waals surface area contributed by atoms with E-state index in [1.165, 1.54) is 6.92 Å². The van der Waals surface area contributed by atoms with Crippen molar-refractivity contribution < 1.29 is 18.3 Å². The number of hydrogen-bond acceptors (Lipinski definition) is 2. The van der Waals surface area contributed by atoms with Gasteiger partial charge in [-0.2, -0.15) is 5.10 Å². The molecule has 6 heteroatoms. The summed E-state index contributed by atoms with van der Waals surface area (Å²) in [6, 6.07) is 1.63. The molecule has 0 radical (unpaired) electrons. The van der Waals surface area contributed by atoms with Crippen LogP contribution in [0.1, 0.15) is 11.4 Å². The normalized spacial score (nSPS) is 10.9. The zero-order valence-electron chi connectivity index (χ0n) is 9.13. The molecule has 0 amide bonds. The second-order valence-corrected chi connectivity index (χ2v) is 3.65. The second-order valence-electron chi connectivity index (χ2n) is 3.65. The van der Waals surface area contributed by atoms with Crippen molar-refractivity contribution >= 4 is 0 Å². The van der Waals surface area contributed by atoms with Gasteiger partial charge in [0.15, 0.2) is 23.2 Å². The number of aromatic nitrogens is 2. The largest absolute Gasteiger partial charge is 0.504 e. The Morgan fingerprint density at radius 2 is 1.65 bits per heavy atom. The third kappa shape index (κ3) is 1.75. The maximum atomic E-state index is 13.0. The first-order chi connectivity index (χ1) is 7.91. The lowest BCUT2D eigenvalue weighted by Gasteiger charge is -2.05. The summed E-state index contributed by atoms with van der Waals surface area (Å²) in [5, 5.41) is 13.4. The van der Waals surface area contributed by atoms with Gasteiger partial charge in [0.2, 0.25) is 0 Å². The fourth-order valence-electron chi connectivity index (χ4n) is 1.55. The number of halogens is 3. The number of benzene rings is 1. The summed E-state index contributed by atoms with van der Waals surface area (Å²) in [4.78, 5) is 0. The second kappa shape index (κ2) is 3.80. The van der Waals surface area contributed by atoms with E-state index >= 15 is 0 Å². The molecular formula is C11H9F3N2O. The molecule has 0 aliphatic rings. The van der Waals surface area contributed by atoms with Gasteiger partial charge in [-0.3, -0.25) is 0 Å². The standard InChI is InChI=1S/C11H9F3N2O/c1-5-11(17)6(2)16(15-5)7-3-8(12)10(14)9(13)4-7/h3-4,17H,1-2H3. The van der Waals surface area contributed by atoms with Gasteiger partial charge in [-0.05, 0) is 13.8 Å². The molecule has 1 heterocycles. The Bertz CT molecular complexity index is 570. The summed E-state index contributed by atoms with van der Waals surface area (Å²) in [5.41, 5.74) is 0.669. The van der Waals surface area contributed by atoms with Crippen LogP contribution in [0.15, 0.2) is 12.1 Å². The first kappa shape index (κ1) is 11.5. The summed E-state index contributed by atoms with van der Waals surface area (Å²) in [5.74, 6) is -4.19. The highest BCUT2D eigenvalue weighted by atomic mass is 19.2. The van der Waals surface area contributed by atoms with E-state index in [9.17, 15) is 18.3 Å². The number of aromatic hydroxyl groups is 1. The molecule has 0 atom stereocenters. The van der Waals surface area contributed by atoms with Crippen LogP contribution in [0, 0.1) is 31.3 Å². The van der Waals surface area contributed by atoms with Crippen LogP contribution in [0.5, 0.6) is 5.75 Å². The predicted molar refractivity (Wildman–Crippen MR) is 54.6 cm³/mol. The first-order valence-corrected chi connectivity index (χ1v) is 4.82. The van der Waals surface area contributed by atoms with Crippen molar-refractivity contribution in [3.63, 3.8) is 0 Å². The summed E-state index contributed by atoms with van der Waals surface area (Å²) >= 11 is 0. The van der Waals surface area contributed by atoms with Crippen LogP contribution in [-0.2, 0) is 0 Å².